The van der Waals surface area contributed by atoms with Gasteiger partial charge in [-0.3, -0.25) is 4.79 Å². The highest BCUT2D eigenvalue weighted by molar-refractivity contribution is 7.99. The summed E-state index contributed by atoms with van der Waals surface area (Å²) in [4.78, 5) is 10.8. The summed E-state index contributed by atoms with van der Waals surface area (Å²) in [5.74, 6) is 0.950. The van der Waals surface area contributed by atoms with Gasteiger partial charge in [-0.15, -0.1) is 6.58 Å². The number of carboxylic acids is 1. The van der Waals surface area contributed by atoms with Crippen molar-refractivity contribution in [3.63, 3.8) is 0 Å². The Morgan fingerprint density at radius 3 is 2.72 bits per heavy atom. The second kappa shape index (κ2) is 7.81. The Hall–Kier alpha value is -0.520. The van der Waals surface area contributed by atoms with Crippen molar-refractivity contribution in [2.45, 2.75) is 31.3 Å². The van der Waals surface area contributed by atoms with Crippen molar-refractivity contribution in [1.29, 1.82) is 0 Å². The molecule has 0 amide bonds. The third-order valence-electron chi connectivity index (χ3n) is 3.38. The summed E-state index contributed by atoms with van der Waals surface area (Å²) in [6, 6.07) is 0. The van der Waals surface area contributed by atoms with Gasteiger partial charge in [-0.25, -0.2) is 0 Å². The number of rotatable bonds is 8. The van der Waals surface area contributed by atoms with E-state index in [4.69, 9.17) is 5.11 Å². The van der Waals surface area contributed by atoms with E-state index in [-0.39, 0.29) is 5.92 Å². The largest absolute Gasteiger partial charge is 0.481 e. The topological polar surface area (TPSA) is 69.6 Å². The fourth-order valence-electron chi connectivity index (χ4n) is 2.21. The van der Waals surface area contributed by atoms with Crippen LogP contribution in [0.15, 0.2) is 12.7 Å². The van der Waals surface area contributed by atoms with Crippen LogP contribution in [0.4, 0.5) is 0 Å². The number of thioether (sulfide) groups is 1. The first kappa shape index (κ1) is 15.5. The van der Waals surface area contributed by atoms with Crippen LogP contribution in [0.2, 0.25) is 0 Å². The molecule has 0 aromatic carbocycles. The van der Waals surface area contributed by atoms with Gasteiger partial charge in [-0.1, -0.05) is 6.08 Å². The van der Waals surface area contributed by atoms with E-state index in [0.717, 1.165) is 18.1 Å². The van der Waals surface area contributed by atoms with E-state index in [1.165, 1.54) is 0 Å². The zero-order valence-corrected chi connectivity index (χ0v) is 11.5. The summed E-state index contributed by atoms with van der Waals surface area (Å²) in [6.07, 6.45) is 4.20. The molecule has 5 heteroatoms. The zero-order chi connectivity index (χ0) is 13.4. The molecule has 3 N–H and O–H groups in total. The van der Waals surface area contributed by atoms with Gasteiger partial charge >= 0.3 is 5.97 Å². The van der Waals surface area contributed by atoms with Crippen LogP contribution < -0.4 is 5.32 Å². The van der Waals surface area contributed by atoms with Gasteiger partial charge in [0.05, 0.1) is 11.5 Å². The smallest absolute Gasteiger partial charge is 0.306 e. The first-order valence-corrected chi connectivity index (χ1v) is 7.57. The van der Waals surface area contributed by atoms with Gasteiger partial charge in [-0.05, 0) is 25.7 Å². The van der Waals surface area contributed by atoms with Crippen LogP contribution >= 0.6 is 11.8 Å². The highest BCUT2D eigenvalue weighted by atomic mass is 32.2. The van der Waals surface area contributed by atoms with Gasteiger partial charge in [0.1, 0.15) is 0 Å². The van der Waals surface area contributed by atoms with Crippen molar-refractivity contribution in [3.05, 3.63) is 12.7 Å². The Morgan fingerprint density at radius 1 is 1.50 bits per heavy atom. The maximum atomic E-state index is 10.8. The molecule has 0 saturated heterocycles. The molecule has 1 aliphatic carbocycles. The maximum absolute atomic E-state index is 10.8. The average Bonchev–Trinajstić information content (AvgIpc) is 2.34. The van der Waals surface area contributed by atoms with Gasteiger partial charge in [0.2, 0.25) is 0 Å². The third-order valence-corrected chi connectivity index (χ3v) is 4.34. The number of nitrogens with one attached hydrogen (secondary N) is 1. The summed E-state index contributed by atoms with van der Waals surface area (Å²) in [5.41, 5.74) is -0.713. The van der Waals surface area contributed by atoms with E-state index in [0.29, 0.717) is 32.2 Å². The lowest BCUT2D eigenvalue weighted by molar-refractivity contribution is -0.144. The predicted octanol–water partition coefficient (Wildman–Crippen LogP) is 1.50. The van der Waals surface area contributed by atoms with Crippen LogP contribution in [-0.4, -0.2) is 46.4 Å². The maximum Gasteiger partial charge on any atom is 0.306 e. The normalized spacial score (nSPS) is 27.9. The Morgan fingerprint density at radius 2 is 2.17 bits per heavy atom. The van der Waals surface area contributed by atoms with Crippen molar-refractivity contribution < 1.29 is 15.0 Å². The highest BCUT2D eigenvalue weighted by Gasteiger charge is 2.35. The van der Waals surface area contributed by atoms with E-state index < -0.39 is 11.6 Å². The lowest BCUT2D eigenvalue weighted by Gasteiger charge is -2.34. The number of hydrogen-bond donors (Lipinski definition) is 3. The second-order valence-electron chi connectivity index (χ2n) is 4.88. The summed E-state index contributed by atoms with van der Waals surface area (Å²) >= 11 is 1.80. The Labute approximate surface area is 113 Å². The molecule has 0 unspecified atom stereocenters. The Balaban J connectivity index is 2.14. The Kier molecular flexibility index (Phi) is 6.75. The number of carbonyl (C=O) groups is 1. The molecule has 0 bridgehead atoms. The van der Waals surface area contributed by atoms with Crippen LogP contribution in [-0.2, 0) is 4.79 Å². The van der Waals surface area contributed by atoms with Crippen molar-refractivity contribution in [1.82, 2.24) is 5.32 Å². The van der Waals surface area contributed by atoms with E-state index >= 15 is 0 Å². The summed E-state index contributed by atoms with van der Waals surface area (Å²) < 4.78 is 0. The first-order valence-electron chi connectivity index (χ1n) is 6.42. The lowest BCUT2D eigenvalue weighted by atomic mass is 9.79. The van der Waals surface area contributed by atoms with Crippen LogP contribution in [0.3, 0.4) is 0 Å². The molecular formula is C13H23NO3S. The molecule has 0 aromatic heterocycles. The fraction of sp³-hybridized carbons (Fsp3) is 0.769. The molecule has 0 radical (unpaired) electrons. The summed E-state index contributed by atoms with van der Waals surface area (Å²) in [7, 11) is 0. The monoisotopic (exact) mass is 273 g/mol. The molecule has 1 saturated carbocycles. The van der Waals surface area contributed by atoms with Crippen LogP contribution in [0.25, 0.3) is 0 Å². The van der Waals surface area contributed by atoms with Crippen molar-refractivity contribution >= 4 is 17.7 Å². The van der Waals surface area contributed by atoms with Crippen molar-refractivity contribution in [2.75, 3.05) is 24.6 Å². The van der Waals surface area contributed by atoms with Gasteiger partial charge in [0.15, 0.2) is 0 Å². The molecule has 0 aliphatic heterocycles. The molecule has 4 nitrogen and oxygen atoms in total. The molecule has 0 spiro atoms. The Bertz CT molecular complexity index is 275. The summed E-state index contributed by atoms with van der Waals surface area (Å²) in [6.45, 7) is 5.08. The highest BCUT2D eigenvalue weighted by Crippen LogP contribution is 2.31. The minimum absolute atomic E-state index is 0.270. The quantitative estimate of drug-likeness (QED) is 0.462. The SMILES string of the molecule is C=CCSCCNCC1(O)CCC(C(=O)O)CC1. The zero-order valence-electron chi connectivity index (χ0n) is 10.7. The minimum Gasteiger partial charge on any atom is -0.481 e. The number of hydrogen-bond acceptors (Lipinski definition) is 4. The van der Waals surface area contributed by atoms with E-state index in [2.05, 4.69) is 11.9 Å². The summed E-state index contributed by atoms with van der Waals surface area (Å²) in [5, 5.41) is 22.4. The fourth-order valence-corrected chi connectivity index (χ4v) is 2.83. The second-order valence-corrected chi connectivity index (χ2v) is 6.03. The van der Waals surface area contributed by atoms with E-state index in [9.17, 15) is 9.90 Å². The average molecular weight is 273 g/mol. The van der Waals surface area contributed by atoms with E-state index in [1.54, 1.807) is 11.8 Å². The number of aliphatic carboxylic acids is 1. The molecule has 0 aromatic rings. The van der Waals surface area contributed by atoms with Crippen LogP contribution in [0.5, 0.6) is 0 Å². The molecule has 0 atom stereocenters. The third kappa shape index (κ3) is 5.42. The molecule has 18 heavy (non-hydrogen) atoms. The molecule has 1 rings (SSSR count). The van der Waals surface area contributed by atoms with Gasteiger partial charge < -0.3 is 15.5 Å². The number of aliphatic hydroxyl groups is 1. The van der Waals surface area contributed by atoms with Crippen LogP contribution in [0, 0.1) is 5.92 Å². The number of carboxylic acid groups (broad SMARTS) is 1. The minimum atomic E-state index is -0.731. The molecule has 1 fully saturated rings. The van der Waals surface area contributed by atoms with Gasteiger partial charge in [0.25, 0.3) is 0 Å². The molecule has 104 valence electrons. The molecule has 1 aliphatic rings. The van der Waals surface area contributed by atoms with Gasteiger partial charge in [-0.2, -0.15) is 11.8 Å². The molecular weight excluding hydrogens is 250 g/mol. The van der Waals surface area contributed by atoms with Crippen molar-refractivity contribution in [2.24, 2.45) is 5.92 Å². The van der Waals surface area contributed by atoms with Gasteiger partial charge in [0, 0.05) is 24.6 Å². The lowest BCUT2D eigenvalue weighted by Crippen LogP contribution is -2.44. The molecule has 0 heterocycles. The standard InChI is InChI=1S/C13H23NO3S/c1-2-8-18-9-7-14-10-13(17)5-3-11(4-6-13)12(15)16/h2,11,14,17H,1,3-10H2,(H,15,16). The van der Waals surface area contributed by atoms with E-state index in [1.807, 2.05) is 6.08 Å². The first-order chi connectivity index (χ1) is 8.57. The van der Waals surface area contributed by atoms with Crippen molar-refractivity contribution in [3.8, 4) is 0 Å². The van der Waals surface area contributed by atoms with Crippen LogP contribution in [0.1, 0.15) is 25.7 Å². The predicted molar refractivity (Wildman–Crippen MR) is 74.9 cm³/mol.